The van der Waals surface area contributed by atoms with Crippen LogP contribution in [0.3, 0.4) is 0 Å². The number of aromatic nitrogens is 6. The van der Waals surface area contributed by atoms with Crippen LogP contribution in [0, 0.1) is 12.8 Å². The lowest BCUT2D eigenvalue weighted by Crippen LogP contribution is -2.41. The van der Waals surface area contributed by atoms with Gasteiger partial charge >= 0.3 is 0 Å². The lowest BCUT2D eigenvalue weighted by atomic mass is 9.79. The van der Waals surface area contributed by atoms with E-state index in [1.807, 2.05) is 25.1 Å². The molecule has 0 bridgehead atoms. The summed E-state index contributed by atoms with van der Waals surface area (Å²) in [6, 6.07) is 5.98. The van der Waals surface area contributed by atoms with Crippen molar-refractivity contribution in [2.24, 2.45) is 5.92 Å². The van der Waals surface area contributed by atoms with Crippen molar-refractivity contribution in [1.82, 2.24) is 30.6 Å². The SMILES string of the molecule is CCCCC(CC)C(C)(Nc1cccc2n[nH]nc12)c1n[nH]c(C)n1. The van der Waals surface area contributed by atoms with Crippen LogP contribution in [0.2, 0.25) is 0 Å². The van der Waals surface area contributed by atoms with Gasteiger partial charge < -0.3 is 5.32 Å². The fourth-order valence-electron chi connectivity index (χ4n) is 3.52. The predicted octanol–water partition coefficient (Wildman–Crippen LogP) is 3.93. The van der Waals surface area contributed by atoms with Crippen LogP contribution < -0.4 is 5.32 Å². The van der Waals surface area contributed by atoms with E-state index in [0.29, 0.717) is 5.92 Å². The first kappa shape index (κ1) is 17.4. The first-order valence-electron chi connectivity index (χ1n) is 9.05. The minimum atomic E-state index is -0.387. The number of aromatic amines is 2. The van der Waals surface area contributed by atoms with Crippen molar-refractivity contribution in [3.05, 3.63) is 29.8 Å². The van der Waals surface area contributed by atoms with E-state index in [9.17, 15) is 0 Å². The van der Waals surface area contributed by atoms with Crippen LogP contribution in [0.15, 0.2) is 18.2 Å². The van der Waals surface area contributed by atoms with E-state index in [4.69, 9.17) is 0 Å². The molecule has 0 aliphatic carbocycles. The molecule has 2 heterocycles. The van der Waals surface area contributed by atoms with E-state index in [1.165, 1.54) is 12.8 Å². The van der Waals surface area contributed by atoms with E-state index >= 15 is 0 Å². The van der Waals surface area contributed by atoms with E-state index in [1.54, 1.807) is 0 Å². The molecular formula is C18H27N7. The average molecular weight is 341 g/mol. The minimum Gasteiger partial charge on any atom is -0.371 e. The van der Waals surface area contributed by atoms with Crippen molar-refractivity contribution in [3.8, 4) is 0 Å². The third kappa shape index (κ3) is 3.36. The lowest BCUT2D eigenvalue weighted by molar-refractivity contribution is 0.280. The summed E-state index contributed by atoms with van der Waals surface area (Å²) in [6.07, 6.45) is 4.54. The van der Waals surface area contributed by atoms with Crippen LogP contribution in [0.5, 0.6) is 0 Å². The van der Waals surface area contributed by atoms with Gasteiger partial charge in [0.15, 0.2) is 5.82 Å². The smallest absolute Gasteiger partial charge is 0.175 e. The summed E-state index contributed by atoms with van der Waals surface area (Å²) < 4.78 is 0. The molecule has 0 radical (unpaired) electrons. The monoisotopic (exact) mass is 341 g/mol. The number of fused-ring (bicyclic) bond motifs is 1. The number of aryl methyl sites for hydroxylation is 1. The van der Waals surface area contributed by atoms with Crippen LogP contribution in [-0.2, 0) is 5.54 Å². The highest BCUT2D eigenvalue weighted by Crippen LogP contribution is 2.37. The number of rotatable bonds is 8. The highest BCUT2D eigenvalue weighted by Gasteiger charge is 2.38. The van der Waals surface area contributed by atoms with Gasteiger partial charge in [-0.15, -0.1) is 0 Å². The van der Waals surface area contributed by atoms with Crippen LogP contribution in [0.25, 0.3) is 11.0 Å². The number of nitrogens with one attached hydrogen (secondary N) is 3. The van der Waals surface area contributed by atoms with E-state index in [2.05, 4.69) is 56.7 Å². The average Bonchev–Trinajstić information content (AvgIpc) is 3.25. The van der Waals surface area contributed by atoms with Crippen LogP contribution >= 0.6 is 0 Å². The van der Waals surface area contributed by atoms with Gasteiger partial charge in [0.2, 0.25) is 0 Å². The zero-order chi connectivity index (χ0) is 17.9. The molecule has 3 aromatic rings. The Kier molecular flexibility index (Phi) is 5.01. The number of benzene rings is 1. The van der Waals surface area contributed by atoms with Gasteiger partial charge in [-0.05, 0) is 38.3 Å². The van der Waals surface area contributed by atoms with E-state index in [-0.39, 0.29) is 5.54 Å². The van der Waals surface area contributed by atoms with Crippen LogP contribution in [-0.4, -0.2) is 30.6 Å². The van der Waals surface area contributed by atoms with Crippen molar-refractivity contribution >= 4 is 16.7 Å². The van der Waals surface area contributed by atoms with Gasteiger partial charge in [-0.2, -0.15) is 20.5 Å². The molecule has 0 aliphatic heterocycles. The molecule has 3 rings (SSSR count). The first-order valence-corrected chi connectivity index (χ1v) is 9.05. The number of para-hydroxylation sites is 1. The molecule has 0 saturated heterocycles. The molecule has 0 fully saturated rings. The summed E-state index contributed by atoms with van der Waals surface area (Å²) in [5.74, 6) is 2.03. The maximum Gasteiger partial charge on any atom is 0.175 e. The molecule has 7 heteroatoms. The van der Waals surface area contributed by atoms with Crippen LogP contribution in [0.4, 0.5) is 5.69 Å². The number of hydrogen-bond acceptors (Lipinski definition) is 5. The van der Waals surface area contributed by atoms with Crippen molar-refractivity contribution in [1.29, 1.82) is 0 Å². The topological polar surface area (TPSA) is 95.2 Å². The Balaban J connectivity index is 2.02. The summed E-state index contributed by atoms with van der Waals surface area (Å²) in [5, 5.41) is 22.4. The standard InChI is InChI=1S/C18H27N7/c1-5-7-9-13(6-2)18(4,17-19-12(3)21-24-17)20-14-10-8-11-15-16(14)23-25-22-15/h8,10-11,13,20H,5-7,9H2,1-4H3,(H,19,21,24)(H,22,23,25). The molecule has 2 atom stereocenters. The Morgan fingerprint density at radius 2 is 2.04 bits per heavy atom. The molecular weight excluding hydrogens is 314 g/mol. The largest absolute Gasteiger partial charge is 0.371 e. The van der Waals surface area contributed by atoms with Crippen LogP contribution in [0.1, 0.15) is 58.1 Å². The second-order valence-electron chi connectivity index (χ2n) is 6.82. The zero-order valence-electron chi connectivity index (χ0n) is 15.4. The Morgan fingerprint density at radius 3 is 2.72 bits per heavy atom. The Bertz CT molecular complexity index is 822. The number of unbranched alkanes of at least 4 members (excludes halogenated alkanes) is 1. The molecule has 3 N–H and O–H groups in total. The van der Waals surface area contributed by atoms with E-state index < -0.39 is 0 Å². The molecule has 0 saturated carbocycles. The second-order valence-corrected chi connectivity index (χ2v) is 6.82. The molecule has 134 valence electrons. The lowest BCUT2D eigenvalue weighted by Gasteiger charge is -2.37. The number of nitrogens with zero attached hydrogens (tertiary/aromatic N) is 4. The van der Waals surface area contributed by atoms with Gasteiger partial charge in [-0.3, -0.25) is 5.10 Å². The molecule has 2 unspecified atom stereocenters. The molecule has 0 spiro atoms. The predicted molar refractivity (Wildman–Crippen MR) is 99.3 cm³/mol. The summed E-state index contributed by atoms with van der Waals surface area (Å²) in [6.45, 7) is 8.58. The summed E-state index contributed by atoms with van der Waals surface area (Å²) in [7, 11) is 0. The quantitative estimate of drug-likeness (QED) is 0.577. The Hall–Kier alpha value is -2.44. The van der Waals surface area contributed by atoms with Crippen molar-refractivity contribution in [2.45, 2.75) is 58.9 Å². The van der Waals surface area contributed by atoms with Crippen molar-refractivity contribution in [2.75, 3.05) is 5.32 Å². The third-order valence-corrected chi connectivity index (χ3v) is 5.02. The maximum absolute atomic E-state index is 4.65. The summed E-state index contributed by atoms with van der Waals surface area (Å²) in [5.41, 5.74) is 2.25. The third-order valence-electron chi connectivity index (χ3n) is 5.02. The van der Waals surface area contributed by atoms with Gasteiger partial charge in [-0.1, -0.05) is 39.2 Å². The van der Waals surface area contributed by atoms with Gasteiger partial charge in [0, 0.05) is 0 Å². The number of H-pyrrole nitrogens is 2. The normalized spacial score (nSPS) is 15.2. The Labute approximate surface area is 148 Å². The minimum absolute atomic E-state index is 0.387. The van der Waals surface area contributed by atoms with Gasteiger partial charge in [0.05, 0.1) is 11.2 Å². The fourth-order valence-corrected chi connectivity index (χ4v) is 3.52. The van der Waals surface area contributed by atoms with Gasteiger partial charge in [0.1, 0.15) is 16.9 Å². The molecule has 7 nitrogen and oxygen atoms in total. The van der Waals surface area contributed by atoms with Gasteiger partial charge in [0.25, 0.3) is 0 Å². The highest BCUT2D eigenvalue weighted by atomic mass is 15.3. The maximum atomic E-state index is 4.65. The molecule has 25 heavy (non-hydrogen) atoms. The molecule has 2 aromatic heterocycles. The second kappa shape index (κ2) is 7.21. The molecule has 0 aliphatic rings. The highest BCUT2D eigenvalue weighted by molar-refractivity contribution is 5.87. The number of hydrogen-bond donors (Lipinski definition) is 3. The molecule has 0 amide bonds. The van der Waals surface area contributed by atoms with Crippen molar-refractivity contribution in [3.63, 3.8) is 0 Å². The summed E-state index contributed by atoms with van der Waals surface area (Å²) >= 11 is 0. The van der Waals surface area contributed by atoms with Gasteiger partial charge in [-0.25, -0.2) is 4.98 Å². The van der Waals surface area contributed by atoms with Crippen molar-refractivity contribution < 1.29 is 0 Å². The first-order chi connectivity index (χ1) is 12.1. The fraction of sp³-hybridized carbons (Fsp3) is 0.556. The van der Waals surface area contributed by atoms with E-state index in [0.717, 1.165) is 41.2 Å². The zero-order valence-corrected chi connectivity index (χ0v) is 15.4. The summed E-state index contributed by atoms with van der Waals surface area (Å²) in [4.78, 5) is 4.65. The number of anilines is 1. The Morgan fingerprint density at radius 1 is 1.20 bits per heavy atom. The molecule has 1 aromatic carbocycles.